The number of rotatable bonds is 10. The van der Waals surface area contributed by atoms with Gasteiger partial charge in [-0.05, 0) is 19.8 Å². The van der Waals surface area contributed by atoms with Crippen molar-refractivity contribution in [2.24, 2.45) is 0 Å². The number of hydrogen-bond acceptors (Lipinski definition) is 6. The molecule has 0 aliphatic rings. The van der Waals surface area contributed by atoms with Gasteiger partial charge in [-0.2, -0.15) is 0 Å². The van der Waals surface area contributed by atoms with Gasteiger partial charge in [-0.15, -0.1) is 0 Å². The molecule has 8 heteroatoms. The van der Waals surface area contributed by atoms with Crippen molar-refractivity contribution < 1.29 is 28.9 Å². The minimum atomic E-state index is -0.567. The summed E-state index contributed by atoms with van der Waals surface area (Å²) in [4.78, 5) is 22.4. The van der Waals surface area contributed by atoms with Gasteiger partial charge >= 0.3 is 12.2 Å². The lowest BCUT2D eigenvalue weighted by molar-refractivity contribution is -0.00439. The van der Waals surface area contributed by atoms with Crippen molar-refractivity contribution in [2.75, 3.05) is 40.0 Å². The molecule has 0 radical (unpaired) electrons. The highest BCUT2D eigenvalue weighted by atomic mass is 16.6. The number of carbonyl (C=O) groups excluding carboxylic acids is 2. The van der Waals surface area contributed by atoms with Crippen molar-refractivity contribution in [3.8, 4) is 0 Å². The summed E-state index contributed by atoms with van der Waals surface area (Å²) >= 11 is 0. The van der Waals surface area contributed by atoms with Crippen LogP contribution in [0.3, 0.4) is 0 Å². The van der Waals surface area contributed by atoms with Crippen LogP contribution in [0.5, 0.6) is 0 Å². The zero-order valence-electron chi connectivity index (χ0n) is 12.0. The van der Waals surface area contributed by atoms with E-state index in [1.807, 2.05) is 0 Å². The normalized spacial score (nSPS) is 11.6. The molecule has 8 nitrogen and oxygen atoms in total. The molecule has 0 bridgehead atoms. The first kappa shape index (κ1) is 18.5. The summed E-state index contributed by atoms with van der Waals surface area (Å²) in [5, 5.41) is 13.6. The van der Waals surface area contributed by atoms with Gasteiger partial charge in [-0.1, -0.05) is 0 Å². The zero-order chi connectivity index (χ0) is 15.2. The van der Waals surface area contributed by atoms with Crippen LogP contribution >= 0.6 is 0 Å². The van der Waals surface area contributed by atoms with Crippen molar-refractivity contribution in [1.82, 2.24) is 10.6 Å². The third kappa shape index (κ3) is 10.4. The summed E-state index contributed by atoms with van der Waals surface area (Å²) in [6.07, 6.45) is -0.312. The number of hydrogen-bond donors (Lipinski definition) is 3. The summed E-state index contributed by atoms with van der Waals surface area (Å²) in [6.45, 7) is 2.77. The lowest BCUT2D eigenvalue weighted by atomic mass is 10.3. The monoisotopic (exact) mass is 292 g/mol. The Labute approximate surface area is 118 Å². The Hall–Kier alpha value is -1.54. The standard InChI is InChI=1S/C12H24N2O6/c1-3-13-11(16)19-8-10(18-2)9-20-12(17)14-6-4-5-7-15/h10,15H,3-9H2,1-2H3,(H,13,16)(H,14,17). The van der Waals surface area contributed by atoms with E-state index in [4.69, 9.17) is 19.3 Å². The quantitative estimate of drug-likeness (QED) is 0.498. The van der Waals surface area contributed by atoms with Crippen LogP contribution < -0.4 is 10.6 Å². The van der Waals surface area contributed by atoms with E-state index in [9.17, 15) is 9.59 Å². The van der Waals surface area contributed by atoms with Crippen LogP contribution in [0.2, 0.25) is 0 Å². The number of aliphatic hydroxyl groups excluding tert-OH is 1. The van der Waals surface area contributed by atoms with Crippen LogP contribution in [0.4, 0.5) is 9.59 Å². The lowest BCUT2D eigenvalue weighted by Gasteiger charge is -2.16. The van der Waals surface area contributed by atoms with Crippen LogP contribution in [0.15, 0.2) is 0 Å². The maximum absolute atomic E-state index is 11.3. The molecule has 0 aromatic carbocycles. The van der Waals surface area contributed by atoms with E-state index in [-0.39, 0.29) is 19.8 Å². The number of amides is 2. The first-order valence-electron chi connectivity index (χ1n) is 6.58. The average molecular weight is 292 g/mol. The van der Waals surface area contributed by atoms with Crippen LogP contribution in [-0.2, 0) is 14.2 Å². The van der Waals surface area contributed by atoms with Crippen molar-refractivity contribution >= 4 is 12.2 Å². The molecule has 118 valence electrons. The van der Waals surface area contributed by atoms with Gasteiger partial charge < -0.3 is 30.0 Å². The van der Waals surface area contributed by atoms with Gasteiger partial charge in [0.25, 0.3) is 0 Å². The van der Waals surface area contributed by atoms with E-state index in [0.717, 1.165) is 0 Å². The first-order valence-corrected chi connectivity index (χ1v) is 6.58. The zero-order valence-corrected chi connectivity index (χ0v) is 12.0. The van der Waals surface area contributed by atoms with Crippen LogP contribution in [0, 0.1) is 0 Å². The lowest BCUT2D eigenvalue weighted by Crippen LogP contribution is -2.33. The highest BCUT2D eigenvalue weighted by molar-refractivity contribution is 5.67. The van der Waals surface area contributed by atoms with Gasteiger partial charge in [0.05, 0.1) is 0 Å². The number of carbonyl (C=O) groups is 2. The number of ether oxygens (including phenoxy) is 3. The Morgan fingerprint density at radius 1 is 1.10 bits per heavy atom. The Morgan fingerprint density at radius 2 is 1.70 bits per heavy atom. The van der Waals surface area contributed by atoms with Crippen LogP contribution in [-0.4, -0.2) is 63.4 Å². The molecule has 0 saturated carbocycles. The van der Waals surface area contributed by atoms with Gasteiger partial charge in [0, 0.05) is 26.8 Å². The highest BCUT2D eigenvalue weighted by Crippen LogP contribution is 1.95. The SMILES string of the molecule is CCNC(=O)OCC(COC(=O)NCCCCO)OC. The molecule has 0 saturated heterocycles. The molecule has 0 aliphatic heterocycles. The van der Waals surface area contributed by atoms with Gasteiger partial charge in [0.2, 0.25) is 0 Å². The second-order valence-corrected chi connectivity index (χ2v) is 3.94. The first-order chi connectivity index (χ1) is 9.63. The summed E-state index contributed by atoms with van der Waals surface area (Å²) in [5.41, 5.74) is 0. The summed E-state index contributed by atoms with van der Waals surface area (Å²) in [6, 6.07) is 0. The van der Waals surface area contributed by atoms with Crippen LogP contribution in [0.1, 0.15) is 19.8 Å². The number of unbranched alkanes of at least 4 members (excludes halogenated alkanes) is 1. The molecular weight excluding hydrogens is 268 g/mol. The van der Waals surface area contributed by atoms with Crippen molar-refractivity contribution in [3.05, 3.63) is 0 Å². The molecule has 1 atom stereocenters. The van der Waals surface area contributed by atoms with Gasteiger partial charge in [-0.3, -0.25) is 0 Å². The fourth-order valence-electron chi connectivity index (χ4n) is 1.20. The van der Waals surface area contributed by atoms with Crippen molar-refractivity contribution in [3.63, 3.8) is 0 Å². The molecular formula is C12H24N2O6. The third-order valence-corrected chi connectivity index (χ3v) is 2.31. The molecule has 0 aliphatic carbocycles. The van der Waals surface area contributed by atoms with Gasteiger partial charge in [-0.25, -0.2) is 9.59 Å². The summed E-state index contributed by atoms with van der Waals surface area (Å²) in [7, 11) is 1.44. The molecule has 0 heterocycles. The van der Waals surface area contributed by atoms with Crippen molar-refractivity contribution in [1.29, 1.82) is 0 Å². The molecule has 0 rings (SSSR count). The molecule has 0 fully saturated rings. The third-order valence-electron chi connectivity index (χ3n) is 2.31. The van der Waals surface area contributed by atoms with E-state index >= 15 is 0 Å². The number of methoxy groups -OCH3 is 1. The number of nitrogens with one attached hydrogen (secondary N) is 2. The van der Waals surface area contributed by atoms with Gasteiger partial charge in [0.15, 0.2) is 0 Å². The van der Waals surface area contributed by atoms with Crippen molar-refractivity contribution in [2.45, 2.75) is 25.9 Å². The second kappa shape index (κ2) is 12.5. The van der Waals surface area contributed by atoms with Crippen LogP contribution in [0.25, 0.3) is 0 Å². The topological polar surface area (TPSA) is 106 Å². The minimum Gasteiger partial charge on any atom is -0.447 e. The Balaban J connectivity index is 3.71. The molecule has 2 amide bonds. The second-order valence-electron chi connectivity index (χ2n) is 3.94. The summed E-state index contributed by atoms with van der Waals surface area (Å²) < 4.78 is 14.8. The Morgan fingerprint density at radius 3 is 2.20 bits per heavy atom. The van der Waals surface area contributed by atoms with E-state index in [2.05, 4.69) is 10.6 Å². The summed E-state index contributed by atoms with van der Waals surface area (Å²) in [5.74, 6) is 0. The number of aliphatic hydroxyl groups is 1. The molecule has 20 heavy (non-hydrogen) atoms. The van der Waals surface area contributed by atoms with E-state index in [0.29, 0.717) is 25.9 Å². The average Bonchev–Trinajstić information content (AvgIpc) is 2.44. The predicted molar refractivity (Wildman–Crippen MR) is 71.5 cm³/mol. The Bertz CT molecular complexity index is 275. The molecule has 1 unspecified atom stereocenters. The maximum atomic E-state index is 11.3. The molecule has 0 spiro atoms. The fraction of sp³-hybridized carbons (Fsp3) is 0.833. The smallest absolute Gasteiger partial charge is 0.407 e. The predicted octanol–water partition coefficient (Wildman–Crippen LogP) is 0.246. The van der Waals surface area contributed by atoms with E-state index in [1.54, 1.807) is 6.92 Å². The molecule has 0 aromatic heterocycles. The minimum absolute atomic E-state index is 0.000125. The fourth-order valence-corrected chi connectivity index (χ4v) is 1.20. The number of alkyl carbamates (subject to hydrolysis) is 2. The Kier molecular flexibility index (Phi) is 11.5. The van der Waals surface area contributed by atoms with E-state index in [1.165, 1.54) is 7.11 Å². The molecule has 3 N–H and O–H groups in total. The molecule has 0 aromatic rings. The maximum Gasteiger partial charge on any atom is 0.407 e. The van der Waals surface area contributed by atoms with Gasteiger partial charge in [0.1, 0.15) is 19.3 Å². The largest absolute Gasteiger partial charge is 0.447 e. The highest BCUT2D eigenvalue weighted by Gasteiger charge is 2.13. The van der Waals surface area contributed by atoms with E-state index < -0.39 is 18.3 Å².